The fourth-order valence-corrected chi connectivity index (χ4v) is 1.93. The van der Waals surface area contributed by atoms with Crippen molar-refractivity contribution in [3.8, 4) is 0 Å². The molecule has 5 nitrogen and oxygen atoms in total. The molecule has 1 heterocycles. The van der Waals surface area contributed by atoms with Gasteiger partial charge in [-0.3, -0.25) is 0 Å². The minimum atomic E-state index is -0.684. The fraction of sp³-hybridized carbons (Fsp3) is 1.00. The van der Waals surface area contributed by atoms with Crippen LogP contribution in [0.4, 0.5) is 0 Å². The SMILES string of the molecule is CCC1C(CO)OC(OC)C(N)C1O. The summed E-state index contributed by atoms with van der Waals surface area (Å²) in [6.45, 7) is 1.81. The predicted octanol–water partition coefficient (Wildman–Crippen LogP) is -0.936. The molecule has 1 fully saturated rings. The van der Waals surface area contributed by atoms with E-state index >= 15 is 0 Å². The van der Waals surface area contributed by atoms with Crippen LogP contribution in [0.15, 0.2) is 0 Å². The van der Waals surface area contributed by atoms with E-state index in [4.69, 9.17) is 20.3 Å². The van der Waals surface area contributed by atoms with E-state index in [1.165, 1.54) is 7.11 Å². The second-order valence-corrected chi connectivity index (χ2v) is 3.60. The van der Waals surface area contributed by atoms with Gasteiger partial charge in [-0.2, -0.15) is 0 Å². The number of nitrogens with two attached hydrogens (primary N) is 1. The topological polar surface area (TPSA) is 84.9 Å². The van der Waals surface area contributed by atoms with E-state index in [-0.39, 0.29) is 18.6 Å². The first kappa shape index (κ1) is 11.9. The van der Waals surface area contributed by atoms with Gasteiger partial charge < -0.3 is 25.4 Å². The molecule has 1 rings (SSSR count). The monoisotopic (exact) mass is 205 g/mol. The molecule has 1 saturated heterocycles. The molecule has 0 bridgehead atoms. The van der Waals surface area contributed by atoms with Crippen LogP contribution in [-0.4, -0.2) is 48.5 Å². The molecular weight excluding hydrogens is 186 g/mol. The summed E-state index contributed by atoms with van der Waals surface area (Å²) >= 11 is 0. The molecule has 5 heteroatoms. The van der Waals surface area contributed by atoms with Gasteiger partial charge in [0, 0.05) is 13.0 Å². The molecule has 0 aromatic heterocycles. The average Bonchev–Trinajstić information content (AvgIpc) is 2.21. The minimum absolute atomic E-state index is 0.123. The number of hydrogen-bond acceptors (Lipinski definition) is 5. The standard InChI is InChI=1S/C9H19NO4/c1-3-5-6(4-11)14-9(13-2)7(10)8(5)12/h5-9,11-12H,3-4,10H2,1-2H3. The van der Waals surface area contributed by atoms with Gasteiger partial charge in [-0.25, -0.2) is 0 Å². The molecule has 84 valence electrons. The van der Waals surface area contributed by atoms with Crippen LogP contribution in [0.1, 0.15) is 13.3 Å². The highest BCUT2D eigenvalue weighted by atomic mass is 16.7. The third kappa shape index (κ3) is 2.07. The number of aliphatic hydroxyl groups excluding tert-OH is 2. The van der Waals surface area contributed by atoms with E-state index in [0.29, 0.717) is 0 Å². The van der Waals surface area contributed by atoms with Crippen molar-refractivity contribution >= 4 is 0 Å². The maximum atomic E-state index is 9.84. The van der Waals surface area contributed by atoms with Crippen LogP contribution in [0.3, 0.4) is 0 Å². The molecule has 4 N–H and O–H groups in total. The Hall–Kier alpha value is -0.200. The van der Waals surface area contributed by atoms with Crippen LogP contribution in [0.25, 0.3) is 0 Å². The lowest BCUT2D eigenvalue weighted by Crippen LogP contribution is -2.59. The van der Waals surface area contributed by atoms with E-state index in [9.17, 15) is 5.11 Å². The summed E-state index contributed by atoms with van der Waals surface area (Å²) < 4.78 is 10.4. The summed E-state index contributed by atoms with van der Waals surface area (Å²) in [6.07, 6.45) is -0.989. The van der Waals surface area contributed by atoms with Gasteiger partial charge in [-0.05, 0) is 6.42 Å². The summed E-state index contributed by atoms with van der Waals surface area (Å²) in [5.74, 6) is -0.124. The highest BCUT2D eigenvalue weighted by molar-refractivity contribution is 4.90. The van der Waals surface area contributed by atoms with Gasteiger partial charge in [-0.15, -0.1) is 0 Å². The van der Waals surface area contributed by atoms with Crippen LogP contribution < -0.4 is 5.73 Å². The number of rotatable bonds is 3. The van der Waals surface area contributed by atoms with E-state index in [1.54, 1.807) is 0 Å². The van der Waals surface area contributed by atoms with Gasteiger partial charge in [0.05, 0.1) is 24.9 Å². The van der Waals surface area contributed by atoms with Gasteiger partial charge in [0.25, 0.3) is 0 Å². The van der Waals surface area contributed by atoms with Crippen molar-refractivity contribution in [2.45, 2.75) is 37.9 Å². The summed E-state index contributed by atoms with van der Waals surface area (Å²) in [6, 6.07) is -0.548. The van der Waals surface area contributed by atoms with Crippen LogP contribution in [0, 0.1) is 5.92 Å². The Morgan fingerprint density at radius 1 is 1.50 bits per heavy atom. The molecule has 0 aromatic carbocycles. The number of ether oxygens (including phenoxy) is 2. The van der Waals surface area contributed by atoms with Crippen molar-refractivity contribution in [1.82, 2.24) is 0 Å². The summed E-state index contributed by atoms with van der Waals surface area (Å²) in [5.41, 5.74) is 5.73. The molecule has 0 amide bonds. The first-order valence-corrected chi connectivity index (χ1v) is 4.88. The number of hydrogen-bond donors (Lipinski definition) is 3. The average molecular weight is 205 g/mol. The maximum absolute atomic E-state index is 9.84. The molecular formula is C9H19NO4. The van der Waals surface area contributed by atoms with Gasteiger partial charge in [0.1, 0.15) is 0 Å². The van der Waals surface area contributed by atoms with E-state index < -0.39 is 18.4 Å². The minimum Gasteiger partial charge on any atom is -0.394 e. The predicted molar refractivity (Wildman–Crippen MR) is 50.5 cm³/mol. The second-order valence-electron chi connectivity index (χ2n) is 3.60. The molecule has 0 aliphatic carbocycles. The van der Waals surface area contributed by atoms with E-state index in [0.717, 1.165) is 6.42 Å². The number of methoxy groups -OCH3 is 1. The molecule has 14 heavy (non-hydrogen) atoms. The summed E-state index contributed by atoms with van der Waals surface area (Å²) in [5, 5.41) is 18.9. The molecule has 0 aromatic rings. The second kappa shape index (κ2) is 5.04. The Labute approximate surface area is 83.8 Å². The van der Waals surface area contributed by atoms with Crippen molar-refractivity contribution in [1.29, 1.82) is 0 Å². The van der Waals surface area contributed by atoms with Crippen LogP contribution in [0.5, 0.6) is 0 Å². The molecule has 0 saturated carbocycles. The lowest BCUT2D eigenvalue weighted by atomic mass is 9.86. The zero-order valence-corrected chi connectivity index (χ0v) is 8.59. The van der Waals surface area contributed by atoms with E-state index in [1.807, 2.05) is 6.92 Å². The third-order valence-electron chi connectivity index (χ3n) is 2.82. The van der Waals surface area contributed by atoms with E-state index in [2.05, 4.69) is 0 Å². The molecule has 5 atom stereocenters. The molecule has 1 aliphatic heterocycles. The summed E-state index contributed by atoms with van der Waals surface area (Å²) in [7, 11) is 1.47. The maximum Gasteiger partial charge on any atom is 0.175 e. The van der Waals surface area contributed by atoms with Gasteiger partial charge >= 0.3 is 0 Å². The van der Waals surface area contributed by atoms with Gasteiger partial charge in [0.2, 0.25) is 0 Å². The van der Waals surface area contributed by atoms with Crippen LogP contribution >= 0.6 is 0 Å². The normalized spacial score (nSPS) is 43.9. The smallest absolute Gasteiger partial charge is 0.175 e. The van der Waals surface area contributed by atoms with Crippen molar-refractivity contribution in [2.75, 3.05) is 13.7 Å². The molecule has 5 unspecified atom stereocenters. The number of aliphatic hydroxyl groups is 2. The van der Waals surface area contributed by atoms with Crippen LogP contribution in [-0.2, 0) is 9.47 Å². The zero-order valence-electron chi connectivity index (χ0n) is 8.59. The van der Waals surface area contributed by atoms with Crippen molar-refractivity contribution < 1.29 is 19.7 Å². The Morgan fingerprint density at radius 2 is 2.14 bits per heavy atom. The molecule has 0 spiro atoms. The Morgan fingerprint density at radius 3 is 2.57 bits per heavy atom. The zero-order chi connectivity index (χ0) is 10.7. The van der Waals surface area contributed by atoms with Crippen molar-refractivity contribution in [3.05, 3.63) is 0 Å². The Balaban J connectivity index is 2.71. The lowest BCUT2D eigenvalue weighted by Gasteiger charge is -2.42. The third-order valence-corrected chi connectivity index (χ3v) is 2.82. The van der Waals surface area contributed by atoms with Crippen molar-refractivity contribution in [2.24, 2.45) is 11.7 Å². The highest BCUT2D eigenvalue weighted by Gasteiger charge is 2.42. The first-order valence-electron chi connectivity index (χ1n) is 4.88. The largest absolute Gasteiger partial charge is 0.394 e. The highest BCUT2D eigenvalue weighted by Crippen LogP contribution is 2.27. The molecule has 0 radical (unpaired) electrons. The quantitative estimate of drug-likeness (QED) is 0.554. The van der Waals surface area contributed by atoms with Crippen LogP contribution in [0.2, 0.25) is 0 Å². The fourth-order valence-electron chi connectivity index (χ4n) is 1.93. The lowest BCUT2D eigenvalue weighted by molar-refractivity contribution is -0.243. The summed E-state index contributed by atoms with van der Waals surface area (Å²) in [4.78, 5) is 0. The Bertz CT molecular complexity index is 176. The first-order chi connectivity index (χ1) is 6.65. The van der Waals surface area contributed by atoms with Gasteiger partial charge in [-0.1, -0.05) is 6.92 Å². The molecule has 1 aliphatic rings. The van der Waals surface area contributed by atoms with Gasteiger partial charge in [0.15, 0.2) is 6.29 Å². The Kier molecular flexibility index (Phi) is 4.28. The van der Waals surface area contributed by atoms with Crippen molar-refractivity contribution in [3.63, 3.8) is 0 Å².